The fraction of sp³-hybridized carbons (Fsp3) is 0.846. The number of hydrogen-bond acceptors (Lipinski definition) is 3. The van der Waals surface area contributed by atoms with Gasteiger partial charge in [-0.25, -0.2) is 0 Å². The Hall–Kier alpha value is -0.710. The molecule has 1 saturated heterocycles. The third kappa shape index (κ3) is 5.29. The summed E-state index contributed by atoms with van der Waals surface area (Å²) >= 11 is 1.90. The van der Waals surface area contributed by atoms with E-state index in [1.807, 2.05) is 11.8 Å². The van der Waals surface area contributed by atoms with Crippen LogP contribution in [0.3, 0.4) is 0 Å². The van der Waals surface area contributed by atoms with Crippen LogP contribution in [0.15, 0.2) is 0 Å². The van der Waals surface area contributed by atoms with Crippen molar-refractivity contribution < 1.29 is 14.7 Å². The zero-order chi connectivity index (χ0) is 13.5. The van der Waals surface area contributed by atoms with Crippen LogP contribution >= 0.6 is 11.8 Å². The second kappa shape index (κ2) is 7.67. The molecule has 1 aliphatic rings. The fourth-order valence-electron chi connectivity index (χ4n) is 2.17. The first kappa shape index (κ1) is 15.3. The molecule has 0 aromatic carbocycles. The van der Waals surface area contributed by atoms with Gasteiger partial charge in [0.1, 0.15) is 0 Å². The lowest BCUT2D eigenvalue weighted by Gasteiger charge is -2.30. The molecule has 0 saturated carbocycles. The largest absolute Gasteiger partial charge is 0.481 e. The Balaban J connectivity index is 2.55. The Morgan fingerprint density at radius 1 is 1.33 bits per heavy atom. The Morgan fingerprint density at radius 3 is 2.44 bits per heavy atom. The highest BCUT2D eigenvalue weighted by molar-refractivity contribution is 7.99. The van der Waals surface area contributed by atoms with Crippen molar-refractivity contribution in [3.63, 3.8) is 0 Å². The van der Waals surface area contributed by atoms with Crippen molar-refractivity contribution >= 4 is 23.6 Å². The van der Waals surface area contributed by atoms with Gasteiger partial charge in [-0.2, -0.15) is 11.8 Å². The van der Waals surface area contributed by atoms with Crippen LogP contribution in [-0.4, -0.2) is 46.5 Å². The monoisotopic (exact) mass is 273 g/mol. The summed E-state index contributed by atoms with van der Waals surface area (Å²) in [6, 6.07) is 0. The lowest BCUT2D eigenvalue weighted by molar-refractivity contribution is -0.140. The van der Waals surface area contributed by atoms with Crippen LogP contribution in [0.2, 0.25) is 0 Å². The van der Waals surface area contributed by atoms with Crippen molar-refractivity contribution in [1.82, 2.24) is 4.90 Å². The van der Waals surface area contributed by atoms with Crippen molar-refractivity contribution in [2.24, 2.45) is 11.8 Å². The van der Waals surface area contributed by atoms with Gasteiger partial charge in [-0.3, -0.25) is 9.59 Å². The SMILES string of the molecule is CC(C)CN(CCC(=O)O)C(=O)C1CCSCC1. The second-order valence-corrected chi connectivity index (χ2v) is 6.43. The molecule has 0 unspecified atom stereocenters. The number of hydrogen-bond donors (Lipinski definition) is 1. The van der Waals surface area contributed by atoms with Crippen molar-refractivity contribution in [2.75, 3.05) is 24.6 Å². The van der Waals surface area contributed by atoms with E-state index in [4.69, 9.17) is 5.11 Å². The van der Waals surface area contributed by atoms with Gasteiger partial charge in [0, 0.05) is 19.0 Å². The van der Waals surface area contributed by atoms with Gasteiger partial charge in [-0.05, 0) is 30.3 Å². The zero-order valence-corrected chi connectivity index (χ0v) is 12.0. The minimum absolute atomic E-state index is 0.0416. The number of carbonyl (C=O) groups is 2. The van der Waals surface area contributed by atoms with Crippen molar-refractivity contribution in [2.45, 2.75) is 33.1 Å². The first-order valence-corrected chi connectivity index (χ1v) is 7.74. The second-order valence-electron chi connectivity index (χ2n) is 5.21. The summed E-state index contributed by atoms with van der Waals surface area (Å²) < 4.78 is 0. The molecular formula is C13H23NO3S. The molecule has 0 spiro atoms. The molecular weight excluding hydrogens is 250 g/mol. The summed E-state index contributed by atoms with van der Waals surface area (Å²) in [5.74, 6) is 1.90. The van der Waals surface area contributed by atoms with Crippen LogP contribution < -0.4 is 0 Å². The number of carboxylic acid groups (broad SMARTS) is 1. The first-order chi connectivity index (χ1) is 8.50. The molecule has 0 aliphatic carbocycles. The lowest BCUT2D eigenvalue weighted by atomic mass is 10.0. The molecule has 0 aromatic heterocycles. The van der Waals surface area contributed by atoms with Gasteiger partial charge in [0.15, 0.2) is 0 Å². The Labute approximate surface area is 113 Å². The molecule has 1 rings (SSSR count). The average Bonchev–Trinajstić information content (AvgIpc) is 2.34. The normalized spacial score (nSPS) is 16.8. The van der Waals surface area contributed by atoms with Gasteiger partial charge >= 0.3 is 5.97 Å². The highest BCUT2D eigenvalue weighted by Crippen LogP contribution is 2.24. The van der Waals surface area contributed by atoms with Crippen molar-refractivity contribution in [3.8, 4) is 0 Å². The number of thioether (sulfide) groups is 1. The summed E-state index contributed by atoms with van der Waals surface area (Å²) in [6.45, 7) is 5.11. The summed E-state index contributed by atoms with van der Waals surface area (Å²) in [7, 11) is 0. The smallest absolute Gasteiger partial charge is 0.305 e. The number of amides is 1. The van der Waals surface area contributed by atoms with Crippen LogP contribution in [0.1, 0.15) is 33.1 Å². The van der Waals surface area contributed by atoms with E-state index >= 15 is 0 Å². The van der Waals surface area contributed by atoms with Gasteiger partial charge in [0.2, 0.25) is 5.91 Å². The third-order valence-corrected chi connectivity index (χ3v) is 4.11. The van der Waals surface area contributed by atoms with Crippen LogP contribution in [-0.2, 0) is 9.59 Å². The predicted molar refractivity (Wildman–Crippen MR) is 73.7 cm³/mol. The number of carbonyl (C=O) groups excluding carboxylic acids is 1. The number of nitrogens with zero attached hydrogens (tertiary/aromatic N) is 1. The molecule has 1 aliphatic heterocycles. The molecule has 5 heteroatoms. The van der Waals surface area contributed by atoms with E-state index in [0.717, 1.165) is 24.3 Å². The van der Waals surface area contributed by atoms with E-state index in [9.17, 15) is 9.59 Å². The molecule has 4 nitrogen and oxygen atoms in total. The molecule has 1 amide bonds. The molecule has 0 aromatic rings. The van der Waals surface area contributed by atoms with Crippen molar-refractivity contribution in [1.29, 1.82) is 0 Å². The average molecular weight is 273 g/mol. The Morgan fingerprint density at radius 2 is 1.94 bits per heavy atom. The van der Waals surface area contributed by atoms with E-state index in [2.05, 4.69) is 13.8 Å². The van der Waals surface area contributed by atoms with Crippen molar-refractivity contribution in [3.05, 3.63) is 0 Å². The maximum atomic E-state index is 12.4. The van der Waals surface area contributed by atoms with E-state index in [-0.39, 0.29) is 18.2 Å². The quantitative estimate of drug-likeness (QED) is 0.805. The highest BCUT2D eigenvalue weighted by atomic mass is 32.2. The summed E-state index contributed by atoms with van der Waals surface area (Å²) in [6.07, 6.45) is 1.91. The van der Waals surface area contributed by atoms with Gasteiger partial charge in [-0.15, -0.1) is 0 Å². The molecule has 0 atom stereocenters. The van der Waals surface area contributed by atoms with Crippen LogP contribution in [0.5, 0.6) is 0 Å². The topological polar surface area (TPSA) is 57.6 Å². The number of carboxylic acids is 1. The summed E-state index contributed by atoms with van der Waals surface area (Å²) in [5, 5.41) is 8.75. The summed E-state index contributed by atoms with van der Waals surface area (Å²) in [5.41, 5.74) is 0. The van der Waals surface area contributed by atoms with E-state index in [0.29, 0.717) is 19.0 Å². The van der Waals surface area contributed by atoms with Gasteiger partial charge < -0.3 is 10.0 Å². The lowest BCUT2D eigenvalue weighted by Crippen LogP contribution is -2.40. The molecule has 0 bridgehead atoms. The van der Waals surface area contributed by atoms with Crippen LogP contribution in [0.25, 0.3) is 0 Å². The highest BCUT2D eigenvalue weighted by Gasteiger charge is 2.26. The van der Waals surface area contributed by atoms with Gasteiger partial charge in [0.05, 0.1) is 6.42 Å². The molecule has 0 radical (unpaired) electrons. The third-order valence-electron chi connectivity index (χ3n) is 3.06. The molecule has 1 fully saturated rings. The summed E-state index contributed by atoms with van der Waals surface area (Å²) in [4.78, 5) is 24.8. The molecule has 18 heavy (non-hydrogen) atoms. The first-order valence-electron chi connectivity index (χ1n) is 6.59. The van der Waals surface area contributed by atoms with Gasteiger partial charge in [-0.1, -0.05) is 13.8 Å². The van der Waals surface area contributed by atoms with E-state index in [1.165, 1.54) is 0 Å². The van der Waals surface area contributed by atoms with Crippen LogP contribution in [0, 0.1) is 11.8 Å². The van der Waals surface area contributed by atoms with Gasteiger partial charge in [0.25, 0.3) is 0 Å². The van der Waals surface area contributed by atoms with Crippen LogP contribution in [0.4, 0.5) is 0 Å². The number of rotatable bonds is 6. The molecule has 1 heterocycles. The Kier molecular flexibility index (Phi) is 6.54. The maximum Gasteiger partial charge on any atom is 0.305 e. The predicted octanol–water partition coefficient (Wildman–Crippen LogP) is 2.09. The zero-order valence-electron chi connectivity index (χ0n) is 11.2. The maximum absolute atomic E-state index is 12.4. The Bertz CT molecular complexity index is 288. The molecule has 1 N–H and O–H groups in total. The molecule has 104 valence electrons. The fourth-order valence-corrected chi connectivity index (χ4v) is 3.27. The van der Waals surface area contributed by atoms with E-state index < -0.39 is 5.97 Å². The standard InChI is InChI=1S/C13H23NO3S/c1-10(2)9-14(6-3-12(15)16)13(17)11-4-7-18-8-5-11/h10-11H,3-9H2,1-2H3,(H,15,16). The minimum atomic E-state index is -0.837. The number of aliphatic carboxylic acids is 1. The van der Waals surface area contributed by atoms with E-state index in [1.54, 1.807) is 4.90 Å². The minimum Gasteiger partial charge on any atom is -0.481 e.